The highest BCUT2D eigenvalue weighted by Gasteiger charge is 2.27. The molecule has 30 heavy (non-hydrogen) atoms. The molecule has 8 heteroatoms. The van der Waals surface area contributed by atoms with Gasteiger partial charge >= 0.3 is 0 Å². The first-order valence-corrected chi connectivity index (χ1v) is 11.4. The van der Waals surface area contributed by atoms with Gasteiger partial charge in [-0.3, -0.25) is 4.79 Å². The Morgan fingerprint density at radius 3 is 2.37 bits per heavy atom. The fourth-order valence-corrected chi connectivity index (χ4v) is 4.79. The van der Waals surface area contributed by atoms with Gasteiger partial charge in [0.05, 0.1) is 12.0 Å². The molecule has 3 rings (SSSR count). The number of amides is 1. The predicted molar refractivity (Wildman–Crippen MR) is 114 cm³/mol. The second-order valence-corrected chi connectivity index (χ2v) is 9.22. The van der Waals surface area contributed by atoms with Crippen LogP contribution in [0.3, 0.4) is 0 Å². The number of carbonyl (C=O) groups excluding carboxylic acids is 1. The van der Waals surface area contributed by atoms with E-state index in [0.717, 1.165) is 11.1 Å². The van der Waals surface area contributed by atoms with Crippen LogP contribution in [0.4, 0.5) is 0 Å². The molecule has 1 aliphatic rings. The van der Waals surface area contributed by atoms with Crippen LogP contribution in [0.15, 0.2) is 47.4 Å². The molecule has 7 nitrogen and oxygen atoms in total. The van der Waals surface area contributed by atoms with Crippen molar-refractivity contribution in [2.24, 2.45) is 0 Å². The van der Waals surface area contributed by atoms with Crippen LogP contribution in [0.2, 0.25) is 0 Å². The minimum absolute atomic E-state index is 0.0217. The van der Waals surface area contributed by atoms with Crippen LogP contribution in [-0.4, -0.2) is 52.1 Å². The third-order valence-corrected chi connectivity index (χ3v) is 6.76. The lowest BCUT2D eigenvalue weighted by Gasteiger charge is -2.32. The normalized spacial score (nSPS) is 15.1. The molecule has 162 valence electrons. The average molecular weight is 433 g/mol. The number of carbonyl (C=O) groups is 1. The van der Waals surface area contributed by atoms with Crippen molar-refractivity contribution in [1.29, 1.82) is 0 Å². The molecule has 1 saturated heterocycles. The summed E-state index contributed by atoms with van der Waals surface area (Å²) in [4.78, 5) is 14.4. The van der Waals surface area contributed by atoms with E-state index in [4.69, 9.17) is 9.47 Å². The van der Waals surface area contributed by atoms with Gasteiger partial charge in [-0.15, -0.1) is 0 Å². The number of hydrogen-bond acceptors (Lipinski definition) is 5. The van der Waals surface area contributed by atoms with Crippen LogP contribution in [-0.2, 0) is 14.8 Å². The zero-order valence-corrected chi connectivity index (χ0v) is 18.4. The van der Waals surface area contributed by atoms with E-state index in [0.29, 0.717) is 37.4 Å². The lowest BCUT2D eigenvalue weighted by molar-refractivity contribution is -0.134. The molecule has 1 aliphatic heterocycles. The standard InChI is InChI=1S/C22H28N2O5S/c1-16-4-9-21(17(2)14-16)29-15-22(25)24-12-10-18(11-13-24)23-30(26,27)20-7-5-19(28-3)6-8-20/h4-9,14,18,23H,10-13,15H2,1-3H3. The summed E-state index contributed by atoms with van der Waals surface area (Å²) in [7, 11) is -2.08. The van der Waals surface area contributed by atoms with Gasteiger partial charge in [0.15, 0.2) is 6.61 Å². The minimum Gasteiger partial charge on any atom is -0.497 e. The Morgan fingerprint density at radius 2 is 1.77 bits per heavy atom. The van der Waals surface area contributed by atoms with Gasteiger partial charge in [0.1, 0.15) is 11.5 Å². The SMILES string of the molecule is COc1ccc(S(=O)(=O)NC2CCN(C(=O)COc3ccc(C)cc3C)CC2)cc1. The van der Waals surface area contributed by atoms with Crippen molar-refractivity contribution < 1.29 is 22.7 Å². The van der Waals surface area contributed by atoms with Gasteiger partial charge in [-0.25, -0.2) is 13.1 Å². The number of aryl methyl sites for hydroxylation is 2. The largest absolute Gasteiger partial charge is 0.497 e. The number of ether oxygens (including phenoxy) is 2. The summed E-state index contributed by atoms with van der Waals surface area (Å²) >= 11 is 0. The van der Waals surface area contributed by atoms with E-state index in [9.17, 15) is 13.2 Å². The van der Waals surface area contributed by atoms with E-state index in [1.54, 1.807) is 17.0 Å². The highest BCUT2D eigenvalue weighted by Crippen LogP contribution is 2.20. The first kappa shape index (κ1) is 22.1. The summed E-state index contributed by atoms with van der Waals surface area (Å²) in [6.07, 6.45) is 1.12. The Kier molecular flexibility index (Phi) is 6.99. The molecule has 1 N–H and O–H groups in total. The fourth-order valence-electron chi connectivity index (χ4n) is 3.48. The summed E-state index contributed by atoms with van der Waals surface area (Å²) in [5.74, 6) is 1.21. The highest BCUT2D eigenvalue weighted by atomic mass is 32.2. The van der Waals surface area contributed by atoms with E-state index in [1.165, 1.54) is 19.2 Å². The summed E-state index contributed by atoms with van der Waals surface area (Å²) < 4.78 is 38.6. The molecule has 0 atom stereocenters. The number of methoxy groups -OCH3 is 1. The van der Waals surface area contributed by atoms with Crippen LogP contribution in [0.1, 0.15) is 24.0 Å². The Balaban J connectivity index is 1.49. The molecular formula is C22H28N2O5S. The van der Waals surface area contributed by atoms with Crippen molar-refractivity contribution >= 4 is 15.9 Å². The summed E-state index contributed by atoms with van der Waals surface area (Å²) in [5.41, 5.74) is 2.14. The number of benzene rings is 2. The van der Waals surface area contributed by atoms with Crippen LogP contribution < -0.4 is 14.2 Å². The van der Waals surface area contributed by atoms with Gasteiger partial charge in [0.2, 0.25) is 10.0 Å². The molecule has 0 aliphatic carbocycles. The van der Waals surface area contributed by atoms with Crippen molar-refractivity contribution in [2.75, 3.05) is 26.8 Å². The predicted octanol–water partition coefficient (Wildman–Crippen LogP) is 2.66. The van der Waals surface area contributed by atoms with Gasteiger partial charge in [-0.2, -0.15) is 0 Å². The second-order valence-electron chi connectivity index (χ2n) is 7.51. The van der Waals surface area contributed by atoms with Crippen LogP contribution in [0, 0.1) is 13.8 Å². The Labute approximate surface area is 178 Å². The maximum atomic E-state index is 12.6. The molecule has 0 bridgehead atoms. The number of sulfonamides is 1. The summed E-state index contributed by atoms with van der Waals surface area (Å²) in [5, 5.41) is 0. The third-order valence-electron chi connectivity index (χ3n) is 5.22. The Bertz CT molecular complexity index is 981. The first-order chi connectivity index (χ1) is 14.3. The van der Waals surface area contributed by atoms with E-state index >= 15 is 0 Å². The maximum Gasteiger partial charge on any atom is 0.260 e. The molecular weight excluding hydrogens is 404 g/mol. The molecule has 1 amide bonds. The first-order valence-electron chi connectivity index (χ1n) is 9.93. The van der Waals surface area contributed by atoms with Gasteiger partial charge in [0, 0.05) is 19.1 Å². The van der Waals surface area contributed by atoms with Crippen LogP contribution in [0.25, 0.3) is 0 Å². The van der Waals surface area contributed by atoms with Crippen molar-refractivity contribution in [3.63, 3.8) is 0 Å². The quantitative estimate of drug-likeness (QED) is 0.727. The van der Waals surface area contributed by atoms with Crippen LogP contribution in [0.5, 0.6) is 11.5 Å². The van der Waals surface area contributed by atoms with Crippen LogP contribution >= 0.6 is 0 Å². The van der Waals surface area contributed by atoms with Gasteiger partial charge in [0.25, 0.3) is 5.91 Å². The maximum absolute atomic E-state index is 12.6. The van der Waals surface area contributed by atoms with Crippen molar-refractivity contribution in [2.45, 2.75) is 37.6 Å². The van der Waals surface area contributed by atoms with E-state index in [1.807, 2.05) is 32.0 Å². The van der Waals surface area contributed by atoms with Gasteiger partial charge in [-0.05, 0) is 62.6 Å². The van der Waals surface area contributed by atoms with Crippen molar-refractivity contribution in [3.8, 4) is 11.5 Å². The monoisotopic (exact) mass is 432 g/mol. The molecule has 0 aromatic heterocycles. The molecule has 0 spiro atoms. The molecule has 2 aromatic rings. The lowest BCUT2D eigenvalue weighted by Crippen LogP contribution is -2.47. The average Bonchev–Trinajstić information content (AvgIpc) is 2.73. The van der Waals surface area contributed by atoms with Crippen molar-refractivity contribution in [1.82, 2.24) is 9.62 Å². The zero-order chi connectivity index (χ0) is 21.7. The van der Waals surface area contributed by atoms with E-state index in [2.05, 4.69) is 4.72 Å². The smallest absolute Gasteiger partial charge is 0.260 e. The molecule has 2 aromatic carbocycles. The number of hydrogen-bond donors (Lipinski definition) is 1. The molecule has 0 radical (unpaired) electrons. The summed E-state index contributed by atoms with van der Waals surface area (Å²) in [6, 6.07) is 11.9. The number of rotatable bonds is 7. The Morgan fingerprint density at radius 1 is 1.10 bits per heavy atom. The van der Waals surface area contributed by atoms with Crippen molar-refractivity contribution in [3.05, 3.63) is 53.6 Å². The Hall–Kier alpha value is -2.58. The second kappa shape index (κ2) is 9.49. The number of nitrogens with one attached hydrogen (secondary N) is 1. The number of likely N-dealkylation sites (tertiary alicyclic amines) is 1. The van der Waals surface area contributed by atoms with Gasteiger partial charge in [-0.1, -0.05) is 17.7 Å². The van der Waals surface area contributed by atoms with Gasteiger partial charge < -0.3 is 14.4 Å². The zero-order valence-electron chi connectivity index (χ0n) is 17.6. The fraction of sp³-hybridized carbons (Fsp3) is 0.409. The molecule has 1 heterocycles. The molecule has 0 unspecified atom stereocenters. The number of nitrogens with zero attached hydrogens (tertiary/aromatic N) is 1. The van der Waals surface area contributed by atoms with E-state index in [-0.39, 0.29) is 23.5 Å². The third kappa shape index (κ3) is 5.52. The lowest BCUT2D eigenvalue weighted by atomic mass is 10.1. The molecule has 1 fully saturated rings. The topological polar surface area (TPSA) is 84.9 Å². The highest BCUT2D eigenvalue weighted by molar-refractivity contribution is 7.89. The summed E-state index contributed by atoms with van der Waals surface area (Å²) in [6.45, 7) is 4.92. The minimum atomic E-state index is -3.61. The van der Waals surface area contributed by atoms with E-state index < -0.39 is 10.0 Å². The number of piperidine rings is 1. The molecule has 0 saturated carbocycles.